The summed E-state index contributed by atoms with van der Waals surface area (Å²) in [4.78, 5) is 12.0. The first-order valence-electron chi connectivity index (χ1n) is 6.78. The van der Waals surface area contributed by atoms with Crippen molar-refractivity contribution >= 4 is 5.91 Å². The Morgan fingerprint density at radius 2 is 2.29 bits per heavy atom. The van der Waals surface area contributed by atoms with Gasteiger partial charge in [-0.2, -0.15) is 0 Å². The summed E-state index contributed by atoms with van der Waals surface area (Å²) in [6, 6.07) is 0.997. The van der Waals surface area contributed by atoms with Gasteiger partial charge in [0, 0.05) is 25.2 Å². The highest BCUT2D eigenvalue weighted by Crippen LogP contribution is 2.25. The third-order valence-electron chi connectivity index (χ3n) is 3.92. The lowest BCUT2D eigenvalue weighted by Crippen LogP contribution is -2.51. The first kappa shape index (κ1) is 12.8. The molecule has 0 aromatic carbocycles. The summed E-state index contributed by atoms with van der Waals surface area (Å²) in [6.07, 6.45) is 5.48. The van der Waals surface area contributed by atoms with Gasteiger partial charge in [-0.1, -0.05) is 6.42 Å². The molecule has 2 fully saturated rings. The number of carbonyl (C=O) groups is 1. The monoisotopic (exact) mass is 240 g/mol. The summed E-state index contributed by atoms with van der Waals surface area (Å²) in [5.74, 6) is 0.0510. The predicted octanol–water partition coefficient (Wildman–Crippen LogP) is 1.20. The number of piperidine rings is 1. The van der Waals surface area contributed by atoms with Crippen molar-refractivity contribution in [1.82, 2.24) is 10.6 Å². The Morgan fingerprint density at radius 3 is 2.94 bits per heavy atom. The molecule has 4 nitrogen and oxygen atoms in total. The van der Waals surface area contributed by atoms with Gasteiger partial charge in [0.25, 0.3) is 5.91 Å². The van der Waals surface area contributed by atoms with E-state index >= 15 is 0 Å². The van der Waals surface area contributed by atoms with Gasteiger partial charge in [0.2, 0.25) is 0 Å². The predicted molar refractivity (Wildman–Crippen MR) is 66.8 cm³/mol. The number of carbonyl (C=O) groups excluding carboxylic acids is 1. The smallest absolute Gasteiger partial charge is 0.252 e. The Labute approximate surface area is 103 Å². The Hall–Kier alpha value is -0.610. The summed E-state index contributed by atoms with van der Waals surface area (Å²) in [6.45, 7) is 5.53. The second-order valence-corrected chi connectivity index (χ2v) is 5.59. The highest BCUT2D eigenvalue weighted by Gasteiger charge is 2.37. The normalized spacial score (nSPS) is 38.0. The van der Waals surface area contributed by atoms with E-state index < -0.39 is 5.60 Å². The summed E-state index contributed by atoms with van der Waals surface area (Å²) < 4.78 is 5.53. The average Bonchev–Trinajstić information content (AvgIpc) is 2.74. The molecule has 1 amide bonds. The van der Waals surface area contributed by atoms with E-state index in [1.54, 1.807) is 0 Å². The molecule has 0 bridgehead atoms. The molecule has 3 atom stereocenters. The fraction of sp³-hybridized carbons (Fsp3) is 0.923. The molecular weight excluding hydrogens is 216 g/mol. The summed E-state index contributed by atoms with van der Waals surface area (Å²) in [5, 5.41) is 6.55. The summed E-state index contributed by atoms with van der Waals surface area (Å²) in [5.41, 5.74) is -0.583. The Balaban J connectivity index is 1.75. The van der Waals surface area contributed by atoms with Crippen LogP contribution in [0.5, 0.6) is 0 Å². The molecule has 0 aliphatic carbocycles. The van der Waals surface area contributed by atoms with Crippen molar-refractivity contribution in [2.24, 2.45) is 0 Å². The van der Waals surface area contributed by atoms with Crippen molar-refractivity contribution in [3.63, 3.8) is 0 Å². The molecule has 2 saturated heterocycles. The molecular formula is C13H24N2O2. The van der Waals surface area contributed by atoms with Gasteiger partial charge in [-0.3, -0.25) is 4.79 Å². The molecule has 0 spiro atoms. The van der Waals surface area contributed by atoms with Gasteiger partial charge < -0.3 is 15.4 Å². The second-order valence-electron chi connectivity index (χ2n) is 5.59. The van der Waals surface area contributed by atoms with E-state index in [2.05, 4.69) is 17.6 Å². The zero-order valence-electron chi connectivity index (χ0n) is 10.9. The quantitative estimate of drug-likeness (QED) is 0.779. The lowest BCUT2D eigenvalue weighted by Gasteiger charge is -2.30. The molecule has 0 aromatic rings. The van der Waals surface area contributed by atoms with Gasteiger partial charge in [0.05, 0.1) is 0 Å². The number of hydrogen-bond donors (Lipinski definition) is 2. The van der Waals surface area contributed by atoms with Gasteiger partial charge >= 0.3 is 0 Å². The Morgan fingerprint density at radius 1 is 1.47 bits per heavy atom. The van der Waals surface area contributed by atoms with E-state index in [1.165, 1.54) is 12.8 Å². The van der Waals surface area contributed by atoms with Gasteiger partial charge in [-0.15, -0.1) is 0 Å². The highest BCUT2D eigenvalue weighted by atomic mass is 16.5. The molecule has 2 heterocycles. The fourth-order valence-corrected chi connectivity index (χ4v) is 2.76. The molecule has 2 aliphatic heterocycles. The Kier molecular flexibility index (Phi) is 4.05. The minimum atomic E-state index is -0.583. The van der Waals surface area contributed by atoms with Crippen molar-refractivity contribution in [3.8, 4) is 0 Å². The van der Waals surface area contributed by atoms with Crippen LogP contribution in [0.15, 0.2) is 0 Å². The second kappa shape index (κ2) is 5.36. The molecule has 17 heavy (non-hydrogen) atoms. The maximum atomic E-state index is 12.0. The lowest BCUT2D eigenvalue weighted by atomic mass is 9.98. The lowest BCUT2D eigenvalue weighted by molar-refractivity contribution is -0.139. The van der Waals surface area contributed by atoms with Gasteiger partial charge in [0.15, 0.2) is 0 Å². The van der Waals surface area contributed by atoms with Gasteiger partial charge in [-0.05, 0) is 39.5 Å². The molecule has 4 heteroatoms. The van der Waals surface area contributed by atoms with Crippen LogP contribution in [0.25, 0.3) is 0 Å². The SMILES string of the molecule is CC1CCCC(CNC(=O)C2(C)CCCO2)N1. The van der Waals surface area contributed by atoms with E-state index in [0.29, 0.717) is 18.7 Å². The van der Waals surface area contributed by atoms with E-state index in [9.17, 15) is 4.79 Å². The van der Waals surface area contributed by atoms with E-state index in [1.807, 2.05) is 6.92 Å². The zero-order valence-corrected chi connectivity index (χ0v) is 10.9. The van der Waals surface area contributed by atoms with Crippen LogP contribution in [0.4, 0.5) is 0 Å². The minimum Gasteiger partial charge on any atom is -0.365 e. The van der Waals surface area contributed by atoms with Gasteiger partial charge in [-0.25, -0.2) is 0 Å². The van der Waals surface area contributed by atoms with Crippen LogP contribution in [0.2, 0.25) is 0 Å². The number of rotatable bonds is 3. The van der Waals surface area contributed by atoms with Gasteiger partial charge in [0.1, 0.15) is 5.60 Å². The zero-order chi connectivity index (χ0) is 12.3. The molecule has 2 aliphatic rings. The third-order valence-corrected chi connectivity index (χ3v) is 3.92. The van der Waals surface area contributed by atoms with Crippen LogP contribution in [0.1, 0.15) is 46.0 Å². The van der Waals surface area contributed by atoms with Crippen LogP contribution in [-0.4, -0.2) is 36.7 Å². The van der Waals surface area contributed by atoms with Crippen LogP contribution in [0, 0.1) is 0 Å². The minimum absolute atomic E-state index is 0.0510. The van der Waals surface area contributed by atoms with Crippen LogP contribution in [0.3, 0.4) is 0 Å². The first-order valence-corrected chi connectivity index (χ1v) is 6.78. The first-order chi connectivity index (χ1) is 8.10. The van der Waals surface area contributed by atoms with Crippen molar-refractivity contribution in [2.75, 3.05) is 13.2 Å². The molecule has 0 saturated carbocycles. The molecule has 2 N–H and O–H groups in total. The third kappa shape index (κ3) is 3.19. The average molecular weight is 240 g/mol. The Bertz CT molecular complexity index is 275. The van der Waals surface area contributed by atoms with Crippen molar-refractivity contribution in [2.45, 2.75) is 63.6 Å². The topological polar surface area (TPSA) is 50.4 Å². The van der Waals surface area contributed by atoms with Crippen LogP contribution >= 0.6 is 0 Å². The molecule has 0 aromatic heterocycles. The van der Waals surface area contributed by atoms with E-state index in [4.69, 9.17) is 4.74 Å². The molecule has 3 unspecified atom stereocenters. The number of ether oxygens (including phenoxy) is 1. The van der Waals surface area contributed by atoms with Crippen LogP contribution < -0.4 is 10.6 Å². The number of hydrogen-bond acceptors (Lipinski definition) is 3. The molecule has 98 valence electrons. The number of nitrogens with one attached hydrogen (secondary N) is 2. The standard InChI is InChI=1S/C13H24N2O2/c1-10-5-3-6-11(15-10)9-14-12(16)13(2)7-4-8-17-13/h10-11,15H,3-9H2,1-2H3,(H,14,16). The number of amides is 1. The molecule has 2 rings (SSSR count). The van der Waals surface area contributed by atoms with E-state index in [0.717, 1.165) is 25.8 Å². The van der Waals surface area contributed by atoms with Crippen LogP contribution in [-0.2, 0) is 9.53 Å². The molecule has 0 radical (unpaired) electrons. The maximum absolute atomic E-state index is 12.0. The fourth-order valence-electron chi connectivity index (χ4n) is 2.76. The highest BCUT2D eigenvalue weighted by molar-refractivity contribution is 5.85. The van der Waals surface area contributed by atoms with Crippen molar-refractivity contribution in [3.05, 3.63) is 0 Å². The maximum Gasteiger partial charge on any atom is 0.252 e. The summed E-state index contributed by atoms with van der Waals surface area (Å²) >= 11 is 0. The largest absolute Gasteiger partial charge is 0.365 e. The van der Waals surface area contributed by atoms with Crippen molar-refractivity contribution in [1.29, 1.82) is 0 Å². The van der Waals surface area contributed by atoms with E-state index in [-0.39, 0.29) is 5.91 Å². The summed E-state index contributed by atoms with van der Waals surface area (Å²) in [7, 11) is 0. The van der Waals surface area contributed by atoms with Crippen molar-refractivity contribution < 1.29 is 9.53 Å².